The Bertz CT molecular complexity index is 2500. The maximum absolute atomic E-state index is 5.22. The van der Waals surface area contributed by atoms with E-state index in [1.54, 1.807) is 0 Å². The minimum absolute atomic E-state index is 0.870. The minimum atomic E-state index is 0.870. The summed E-state index contributed by atoms with van der Waals surface area (Å²) < 4.78 is 0. The summed E-state index contributed by atoms with van der Waals surface area (Å²) in [4.78, 5) is 19.8. The number of nitrogens with zero attached hydrogens (tertiary/aromatic N) is 4. The highest BCUT2D eigenvalue weighted by Gasteiger charge is 2.15. The van der Waals surface area contributed by atoms with Gasteiger partial charge in [0.25, 0.3) is 0 Å². The lowest BCUT2D eigenvalue weighted by molar-refractivity contribution is 1.32. The molecule has 9 rings (SSSR count). The first kappa shape index (κ1) is 26.2. The molecule has 0 amide bonds. The molecule has 0 fully saturated rings. The van der Waals surface area contributed by atoms with Gasteiger partial charge in [-0.05, 0) is 34.7 Å². The second-order valence-electron chi connectivity index (χ2n) is 11.5. The summed E-state index contributed by atoms with van der Waals surface area (Å²) in [5.41, 5.74) is 11.0. The van der Waals surface area contributed by atoms with Crippen molar-refractivity contribution in [1.29, 1.82) is 0 Å². The fraction of sp³-hybridized carbons (Fsp3) is 0. The van der Waals surface area contributed by atoms with E-state index in [0.717, 1.165) is 88.4 Å². The summed E-state index contributed by atoms with van der Waals surface area (Å²) in [5, 5.41) is 5.51. The van der Waals surface area contributed by atoms with Gasteiger partial charge in [-0.15, -0.1) is 0 Å². The third-order valence-electron chi connectivity index (χ3n) is 8.73. The van der Waals surface area contributed by atoms with Gasteiger partial charge in [0.05, 0.1) is 39.8 Å². The molecule has 46 heavy (non-hydrogen) atoms. The molecule has 4 nitrogen and oxygen atoms in total. The first-order valence-electron chi connectivity index (χ1n) is 15.4. The van der Waals surface area contributed by atoms with Crippen LogP contribution in [-0.4, -0.2) is 19.9 Å². The zero-order valence-corrected chi connectivity index (χ0v) is 24.8. The lowest BCUT2D eigenvalue weighted by Crippen LogP contribution is -1.93. The van der Waals surface area contributed by atoms with E-state index in [0.29, 0.717) is 0 Å². The van der Waals surface area contributed by atoms with E-state index in [1.807, 2.05) is 30.6 Å². The molecule has 9 aromatic rings. The van der Waals surface area contributed by atoms with Gasteiger partial charge < -0.3 is 0 Å². The van der Waals surface area contributed by atoms with Crippen molar-refractivity contribution in [2.24, 2.45) is 0 Å². The van der Waals surface area contributed by atoms with Gasteiger partial charge in [0.2, 0.25) is 0 Å². The van der Waals surface area contributed by atoms with E-state index in [4.69, 9.17) is 15.0 Å². The molecular weight excluding hydrogens is 560 g/mol. The molecule has 0 aliphatic carbocycles. The van der Waals surface area contributed by atoms with Crippen LogP contribution in [-0.2, 0) is 0 Å². The predicted octanol–water partition coefficient (Wildman–Crippen LogP) is 10.5. The van der Waals surface area contributed by atoms with Crippen molar-refractivity contribution in [3.8, 4) is 44.9 Å². The fourth-order valence-corrected chi connectivity index (χ4v) is 6.50. The quantitative estimate of drug-likeness (QED) is 0.193. The summed E-state index contributed by atoms with van der Waals surface area (Å²) in [6.07, 6.45) is 3.72. The SMILES string of the molecule is c1ccc(-c2cc(-c3ccc(-c4nc5cnc6c(ccc7cccnc76)c5c5ccccc45)cc3)cc(-c3ccccc3)n2)cc1. The summed E-state index contributed by atoms with van der Waals surface area (Å²) >= 11 is 0. The maximum atomic E-state index is 5.22. The van der Waals surface area contributed by atoms with E-state index in [2.05, 4.69) is 132 Å². The zero-order valence-electron chi connectivity index (χ0n) is 24.8. The van der Waals surface area contributed by atoms with Crippen LogP contribution in [0.4, 0.5) is 0 Å². The maximum Gasteiger partial charge on any atom is 0.0972 e. The molecule has 0 saturated carbocycles. The second-order valence-corrected chi connectivity index (χ2v) is 11.5. The number of fused-ring (bicyclic) bond motifs is 7. The molecule has 0 radical (unpaired) electrons. The molecule has 5 aromatic carbocycles. The molecule has 214 valence electrons. The predicted molar refractivity (Wildman–Crippen MR) is 189 cm³/mol. The topological polar surface area (TPSA) is 51.6 Å². The highest BCUT2D eigenvalue weighted by atomic mass is 14.8. The van der Waals surface area contributed by atoms with Crippen LogP contribution in [0.2, 0.25) is 0 Å². The summed E-state index contributed by atoms with van der Waals surface area (Å²) in [5.74, 6) is 0. The third-order valence-corrected chi connectivity index (χ3v) is 8.73. The molecule has 0 aliphatic rings. The molecule has 0 bridgehead atoms. The number of hydrogen-bond acceptors (Lipinski definition) is 4. The third kappa shape index (κ3) is 4.39. The number of pyridine rings is 4. The Morgan fingerprint density at radius 1 is 0.391 bits per heavy atom. The van der Waals surface area contributed by atoms with Gasteiger partial charge in [0, 0.05) is 44.4 Å². The van der Waals surface area contributed by atoms with Crippen molar-refractivity contribution in [3.63, 3.8) is 0 Å². The number of benzene rings is 5. The van der Waals surface area contributed by atoms with Gasteiger partial charge in [-0.1, -0.05) is 127 Å². The standard InChI is InChI=1S/C42H26N4/c1-3-10-28(11-4-1)36-24-32(25-37(45-36)29-12-5-2-6-13-29)27-17-19-31(20-18-27)40-34-16-8-7-15-33(34)39-35-22-21-30-14-9-23-43-41(30)42(35)44-26-38(39)46-40/h1-26H. The zero-order chi connectivity index (χ0) is 30.5. The van der Waals surface area contributed by atoms with Gasteiger partial charge in [-0.3, -0.25) is 9.97 Å². The molecule has 0 aliphatic heterocycles. The summed E-state index contributed by atoms with van der Waals surface area (Å²) in [6.45, 7) is 0. The van der Waals surface area contributed by atoms with Gasteiger partial charge in [0.15, 0.2) is 0 Å². The average molecular weight is 587 g/mol. The van der Waals surface area contributed by atoms with Crippen LogP contribution in [0.1, 0.15) is 0 Å². The highest BCUT2D eigenvalue weighted by Crippen LogP contribution is 2.38. The fourth-order valence-electron chi connectivity index (χ4n) is 6.50. The normalized spacial score (nSPS) is 11.5. The highest BCUT2D eigenvalue weighted by molar-refractivity contribution is 6.23. The lowest BCUT2D eigenvalue weighted by Gasteiger charge is -2.13. The Morgan fingerprint density at radius 3 is 1.76 bits per heavy atom. The average Bonchev–Trinajstić information content (AvgIpc) is 3.14. The van der Waals surface area contributed by atoms with Crippen molar-refractivity contribution < 1.29 is 0 Å². The molecule has 0 saturated heterocycles. The van der Waals surface area contributed by atoms with Crippen molar-refractivity contribution in [3.05, 3.63) is 158 Å². The van der Waals surface area contributed by atoms with E-state index in [9.17, 15) is 0 Å². The molecule has 0 atom stereocenters. The Kier molecular flexibility index (Phi) is 6.10. The van der Waals surface area contributed by atoms with Crippen LogP contribution in [0.3, 0.4) is 0 Å². The Hall–Kier alpha value is -6.26. The first-order valence-corrected chi connectivity index (χ1v) is 15.4. The van der Waals surface area contributed by atoms with E-state index in [1.165, 1.54) is 0 Å². The molecular formula is C42H26N4. The van der Waals surface area contributed by atoms with Gasteiger partial charge in [-0.25, -0.2) is 9.97 Å². The van der Waals surface area contributed by atoms with Crippen LogP contribution >= 0.6 is 0 Å². The molecule has 4 heteroatoms. The Morgan fingerprint density at radius 2 is 1.04 bits per heavy atom. The minimum Gasteiger partial charge on any atom is -0.254 e. The van der Waals surface area contributed by atoms with Crippen molar-refractivity contribution >= 4 is 43.5 Å². The van der Waals surface area contributed by atoms with Gasteiger partial charge >= 0.3 is 0 Å². The van der Waals surface area contributed by atoms with E-state index in [-0.39, 0.29) is 0 Å². The van der Waals surface area contributed by atoms with Crippen molar-refractivity contribution in [2.75, 3.05) is 0 Å². The second kappa shape index (κ2) is 10.7. The van der Waals surface area contributed by atoms with Crippen molar-refractivity contribution in [1.82, 2.24) is 19.9 Å². The van der Waals surface area contributed by atoms with Gasteiger partial charge in [0.1, 0.15) is 0 Å². The lowest BCUT2D eigenvalue weighted by atomic mass is 9.96. The molecule has 0 N–H and O–H groups in total. The largest absolute Gasteiger partial charge is 0.254 e. The van der Waals surface area contributed by atoms with E-state index >= 15 is 0 Å². The molecule has 0 unspecified atom stereocenters. The monoisotopic (exact) mass is 586 g/mol. The molecule has 4 heterocycles. The number of aromatic nitrogens is 4. The van der Waals surface area contributed by atoms with Crippen molar-refractivity contribution in [2.45, 2.75) is 0 Å². The Labute approximate surface area is 265 Å². The summed E-state index contributed by atoms with van der Waals surface area (Å²) in [7, 11) is 0. The van der Waals surface area contributed by atoms with Crippen LogP contribution in [0.15, 0.2) is 158 Å². The molecule has 0 spiro atoms. The first-order chi connectivity index (χ1) is 22.8. The Balaban J connectivity index is 1.19. The number of rotatable bonds is 4. The molecule has 4 aromatic heterocycles. The van der Waals surface area contributed by atoms with Crippen LogP contribution in [0, 0.1) is 0 Å². The van der Waals surface area contributed by atoms with Crippen LogP contribution in [0.5, 0.6) is 0 Å². The number of hydrogen-bond donors (Lipinski definition) is 0. The van der Waals surface area contributed by atoms with Gasteiger partial charge in [-0.2, -0.15) is 0 Å². The van der Waals surface area contributed by atoms with Crippen LogP contribution in [0.25, 0.3) is 88.4 Å². The van der Waals surface area contributed by atoms with Crippen LogP contribution < -0.4 is 0 Å². The summed E-state index contributed by atoms with van der Waals surface area (Å²) in [6, 6.07) is 50.6. The smallest absolute Gasteiger partial charge is 0.0972 e. The van der Waals surface area contributed by atoms with E-state index < -0.39 is 0 Å².